The molecule has 0 fully saturated rings. The predicted octanol–water partition coefficient (Wildman–Crippen LogP) is -11.1. The molecule has 0 aliphatic heterocycles. The molecular formula is C47H76N16O20. The lowest BCUT2D eigenvalue weighted by atomic mass is 10.0. The van der Waals surface area contributed by atoms with Crippen LogP contribution in [0.4, 0.5) is 0 Å². The summed E-state index contributed by atoms with van der Waals surface area (Å²) in [7, 11) is 0. The van der Waals surface area contributed by atoms with Crippen LogP contribution in [0.1, 0.15) is 70.3 Å². The van der Waals surface area contributed by atoms with Crippen molar-refractivity contribution >= 4 is 82.9 Å². The summed E-state index contributed by atoms with van der Waals surface area (Å²) in [6.45, 7) is -2.46. The number of hydrogen-bond donors (Lipinski definition) is 22. The van der Waals surface area contributed by atoms with Crippen molar-refractivity contribution < 1.29 is 98.1 Å². The molecule has 0 aliphatic carbocycles. The molecule has 11 amide bonds. The van der Waals surface area contributed by atoms with Gasteiger partial charge in [-0.1, -0.05) is 18.6 Å². The van der Waals surface area contributed by atoms with Gasteiger partial charge in [0.25, 0.3) is 0 Å². The quantitative estimate of drug-likeness (QED) is 0.0165. The van der Waals surface area contributed by atoms with Crippen LogP contribution in [-0.2, 0) is 68.7 Å². The zero-order valence-electron chi connectivity index (χ0n) is 45.1. The number of nitrogens with zero attached hydrogens (tertiary/aromatic N) is 1. The Morgan fingerprint density at radius 1 is 0.506 bits per heavy atom. The van der Waals surface area contributed by atoms with Crippen LogP contribution in [0.2, 0.25) is 0 Å². The number of amides is 11. The van der Waals surface area contributed by atoms with E-state index in [1.807, 2.05) is 10.6 Å². The Morgan fingerprint density at radius 3 is 1.35 bits per heavy atom. The molecule has 28 N–H and O–H groups in total. The molecule has 83 heavy (non-hydrogen) atoms. The van der Waals surface area contributed by atoms with Crippen molar-refractivity contribution in [2.45, 2.75) is 138 Å². The van der Waals surface area contributed by atoms with Crippen LogP contribution in [0.3, 0.4) is 0 Å². The van der Waals surface area contributed by atoms with Crippen LogP contribution in [-0.4, -0.2) is 218 Å². The second kappa shape index (κ2) is 37.2. The number of hydrogen-bond acceptors (Lipinski definition) is 21. The Hall–Kier alpha value is -8.84. The van der Waals surface area contributed by atoms with E-state index < -0.39 is 195 Å². The van der Waals surface area contributed by atoms with Gasteiger partial charge >= 0.3 is 11.9 Å². The fourth-order valence-corrected chi connectivity index (χ4v) is 7.25. The third-order valence-corrected chi connectivity index (χ3v) is 11.7. The third kappa shape index (κ3) is 27.5. The second-order valence-corrected chi connectivity index (χ2v) is 18.6. The molecule has 0 saturated heterocycles. The van der Waals surface area contributed by atoms with Gasteiger partial charge in [0.05, 0.1) is 44.8 Å². The number of primary amides is 2. The summed E-state index contributed by atoms with van der Waals surface area (Å²) in [5.41, 5.74) is 33.0. The van der Waals surface area contributed by atoms with E-state index in [-0.39, 0.29) is 43.1 Å². The number of aliphatic hydroxyl groups is 4. The molecule has 0 unspecified atom stereocenters. The molecule has 0 aromatic heterocycles. The zero-order valence-corrected chi connectivity index (χ0v) is 45.1. The summed E-state index contributed by atoms with van der Waals surface area (Å²) in [5.74, 6) is -17.3. The van der Waals surface area contributed by atoms with Gasteiger partial charge in [-0.15, -0.1) is 0 Å². The minimum absolute atomic E-state index is 0.0691. The number of carbonyl (C=O) groups is 13. The van der Waals surface area contributed by atoms with Crippen molar-refractivity contribution in [3.8, 4) is 5.75 Å². The number of guanidine groups is 1. The summed E-state index contributed by atoms with van der Waals surface area (Å²) in [6, 6.07) is -13.2. The van der Waals surface area contributed by atoms with Crippen LogP contribution in [0, 0.1) is 0 Å². The maximum absolute atomic E-state index is 14.0. The maximum atomic E-state index is 14.0. The monoisotopic (exact) mass is 1180 g/mol. The first-order chi connectivity index (χ1) is 39.0. The lowest BCUT2D eigenvalue weighted by molar-refractivity contribution is -0.146. The van der Waals surface area contributed by atoms with Gasteiger partial charge in [0.15, 0.2) is 12.0 Å². The number of benzene rings is 1. The second-order valence-electron chi connectivity index (χ2n) is 18.6. The Kier molecular flexibility index (Phi) is 32.4. The SMILES string of the molecule is C[C@@H](O)[C@H](NC(=O)[C@H](CC(=O)O)NC(=O)[C@H](CO)NC(=O)[C@H](Cc1ccc(O)cc1)NC(=O)[C@H](CO)NC(=O)[C@H](CCC(N)=O)NC(=O)[C@H](CCCN=C(N)N)NC(=O)[C@H](CO)NC(=O)[C@H](CC(N)=O)NC(=O)[C@@H](N)CCCCN)C(=O)O. The highest BCUT2D eigenvalue weighted by Crippen LogP contribution is 2.13. The summed E-state index contributed by atoms with van der Waals surface area (Å²) in [6.07, 6.45) is -4.65. The molecule has 0 aliphatic rings. The van der Waals surface area contributed by atoms with Crippen molar-refractivity contribution in [3.63, 3.8) is 0 Å². The Balaban J connectivity index is 3.53. The largest absolute Gasteiger partial charge is 0.508 e. The summed E-state index contributed by atoms with van der Waals surface area (Å²) in [4.78, 5) is 172. The van der Waals surface area contributed by atoms with Gasteiger partial charge in [-0.05, 0) is 63.3 Å². The maximum Gasteiger partial charge on any atom is 0.328 e. The van der Waals surface area contributed by atoms with Crippen molar-refractivity contribution in [2.75, 3.05) is 32.9 Å². The number of carboxylic acid groups (broad SMARTS) is 2. The minimum Gasteiger partial charge on any atom is -0.508 e. The number of aliphatic hydroxyl groups excluding tert-OH is 4. The lowest BCUT2D eigenvalue weighted by Gasteiger charge is -2.27. The number of phenolic OH excluding ortho intramolecular Hbond substituents is 1. The fourth-order valence-electron chi connectivity index (χ4n) is 7.25. The number of nitrogens with two attached hydrogens (primary N) is 6. The van der Waals surface area contributed by atoms with Crippen LogP contribution < -0.4 is 82.3 Å². The van der Waals surface area contributed by atoms with E-state index in [1.165, 1.54) is 24.3 Å². The number of carboxylic acids is 2. The molecule has 11 atom stereocenters. The van der Waals surface area contributed by atoms with Crippen molar-refractivity contribution in [1.29, 1.82) is 0 Å². The van der Waals surface area contributed by atoms with Gasteiger partial charge in [-0.25, -0.2) is 4.79 Å². The lowest BCUT2D eigenvalue weighted by Crippen LogP contribution is -2.62. The first-order valence-corrected chi connectivity index (χ1v) is 25.5. The number of rotatable bonds is 40. The summed E-state index contributed by atoms with van der Waals surface area (Å²) < 4.78 is 0. The molecule has 36 heteroatoms. The average Bonchev–Trinajstić information content (AvgIpc) is 3.41. The predicted molar refractivity (Wildman–Crippen MR) is 285 cm³/mol. The number of phenols is 1. The van der Waals surface area contributed by atoms with Gasteiger partial charge in [0.2, 0.25) is 65.0 Å². The molecule has 0 spiro atoms. The number of aliphatic imine (C=N–C) groups is 1. The number of unbranched alkanes of at least 4 members (excludes halogenated alkanes) is 1. The summed E-state index contributed by atoms with van der Waals surface area (Å²) in [5, 5.41) is 88.4. The Labute approximate surface area is 473 Å². The highest BCUT2D eigenvalue weighted by molar-refractivity contribution is 5.99. The Bertz CT molecular complexity index is 2450. The van der Waals surface area contributed by atoms with Crippen LogP contribution >= 0.6 is 0 Å². The van der Waals surface area contributed by atoms with E-state index in [0.717, 1.165) is 6.92 Å². The number of aliphatic carboxylic acids is 2. The molecule has 1 rings (SSSR count). The van der Waals surface area contributed by atoms with Gasteiger partial charge in [0.1, 0.15) is 54.1 Å². The molecular weight excluding hydrogens is 1110 g/mol. The van der Waals surface area contributed by atoms with Gasteiger partial charge in [-0.3, -0.25) is 62.5 Å². The zero-order chi connectivity index (χ0) is 63.1. The number of aromatic hydroxyl groups is 1. The first-order valence-electron chi connectivity index (χ1n) is 25.5. The Morgan fingerprint density at radius 2 is 0.916 bits per heavy atom. The topological polar surface area (TPSA) is 640 Å². The van der Waals surface area contributed by atoms with Crippen LogP contribution in [0.5, 0.6) is 5.75 Å². The molecule has 464 valence electrons. The van der Waals surface area contributed by atoms with E-state index in [2.05, 4.69) is 42.2 Å². The van der Waals surface area contributed by atoms with E-state index >= 15 is 0 Å². The standard InChI is InChI=1S/C47H76N16O20/c1-21(67)36(46(82)83)63-42(78)29(17-35(71)72)59-45(81)32(20-66)61-40(76)27(15-22-7-9-23(68)10-8-22)58-44(80)31(19-65)60-39(75)26(11-12-33(50)69)56-38(74)25(6-4-14-54-47(52)53)55-43(79)30(18-64)62-41(77)28(16-34(51)70)57-37(73)24(49)5-2-3-13-48/h7-10,21,24-32,36,64-68H,2-6,11-20,48-49H2,1H3,(H2,50,69)(H2,51,70)(H,55,79)(H,56,74)(H,57,73)(H,58,80)(H,59,81)(H,60,75)(H,61,76)(H,62,77)(H,63,78)(H,71,72)(H,82,83)(H4,52,53,54)/t21-,24+,25+,26+,27+,28+,29+,30+,31+,32+,36+/m1/s1. The molecule has 0 saturated carbocycles. The van der Waals surface area contributed by atoms with Crippen LogP contribution in [0.25, 0.3) is 0 Å². The highest BCUT2D eigenvalue weighted by atomic mass is 16.4. The van der Waals surface area contributed by atoms with E-state index in [4.69, 9.17) is 34.4 Å². The van der Waals surface area contributed by atoms with Crippen LogP contribution in [0.15, 0.2) is 29.3 Å². The number of carbonyl (C=O) groups excluding carboxylic acids is 11. The van der Waals surface area contributed by atoms with Gasteiger partial charge in [0, 0.05) is 19.4 Å². The normalized spacial score (nSPS) is 14.9. The number of nitrogens with one attached hydrogen (secondary N) is 9. The fraction of sp³-hybridized carbons (Fsp3) is 0.574. The molecule has 0 bridgehead atoms. The van der Waals surface area contributed by atoms with Crippen molar-refractivity contribution in [1.82, 2.24) is 47.9 Å². The first kappa shape index (κ1) is 72.2. The highest BCUT2D eigenvalue weighted by Gasteiger charge is 2.37. The molecule has 0 heterocycles. The van der Waals surface area contributed by atoms with E-state index in [9.17, 15) is 98.1 Å². The van der Waals surface area contributed by atoms with Crippen molar-refractivity contribution in [3.05, 3.63) is 29.8 Å². The van der Waals surface area contributed by atoms with Crippen molar-refractivity contribution in [2.24, 2.45) is 39.4 Å². The average molecular weight is 1190 g/mol. The molecule has 0 radical (unpaired) electrons. The molecule has 1 aromatic carbocycles. The van der Waals surface area contributed by atoms with E-state index in [0.29, 0.717) is 19.4 Å². The summed E-state index contributed by atoms with van der Waals surface area (Å²) >= 11 is 0. The van der Waals surface area contributed by atoms with E-state index in [1.54, 1.807) is 0 Å². The molecule has 36 nitrogen and oxygen atoms in total. The van der Waals surface area contributed by atoms with Gasteiger partial charge < -0.3 is 118 Å². The minimum atomic E-state index is -2.05. The molecule has 1 aromatic rings. The third-order valence-electron chi connectivity index (χ3n) is 11.7. The smallest absolute Gasteiger partial charge is 0.328 e. The van der Waals surface area contributed by atoms with Gasteiger partial charge in [-0.2, -0.15) is 0 Å².